The maximum absolute atomic E-state index is 14.4. The molecule has 6 aromatic rings. The van der Waals surface area contributed by atoms with Crippen molar-refractivity contribution in [2.24, 2.45) is 0 Å². The molecular formula is C41H35Br2N3O5S2. The van der Waals surface area contributed by atoms with Gasteiger partial charge in [0.15, 0.2) is 0 Å². The van der Waals surface area contributed by atoms with Crippen molar-refractivity contribution in [1.29, 1.82) is 0 Å². The highest BCUT2D eigenvalue weighted by atomic mass is 79.9. The van der Waals surface area contributed by atoms with Gasteiger partial charge in [0.2, 0.25) is 0 Å². The number of halogens is 2. The number of aromatic nitrogens is 1. The zero-order chi connectivity index (χ0) is 37.0. The fourth-order valence-electron chi connectivity index (χ4n) is 6.43. The summed E-state index contributed by atoms with van der Waals surface area (Å²) in [6.45, 7) is 1.33. The van der Waals surface area contributed by atoms with Crippen molar-refractivity contribution in [3.8, 4) is 28.0 Å². The van der Waals surface area contributed by atoms with E-state index in [1.807, 2.05) is 60.7 Å². The van der Waals surface area contributed by atoms with Crippen LogP contribution in [0.15, 0.2) is 165 Å². The Labute approximate surface area is 327 Å². The summed E-state index contributed by atoms with van der Waals surface area (Å²) in [4.78, 5) is 6.14. The van der Waals surface area contributed by atoms with Gasteiger partial charge in [-0.3, -0.25) is 4.98 Å². The van der Waals surface area contributed by atoms with Gasteiger partial charge in [-0.25, -0.2) is 16.8 Å². The topological polar surface area (TPSA) is 96.9 Å². The first kappa shape index (κ1) is 36.9. The Hall–Kier alpha value is -4.49. The SMILES string of the molecule is O=S(=O)(c1ccc(-c2ccc(Br)cc2)cc1)N(c1ccc(OCC2CCCCN2c2ccncc2)cc1)S(=O)(=O)c1ccc(-c2ccc(Br)cc2)cc1. The van der Waals surface area contributed by atoms with Crippen LogP contribution in [0.25, 0.3) is 22.3 Å². The second-order valence-corrected chi connectivity index (χ2v) is 18.3. The van der Waals surface area contributed by atoms with Gasteiger partial charge in [0.1, 0.15) is 12.4 Å². The molecule has 0 amide bonds. The minimum atomic E-state index is -4.63. The highest BCUT2D eigenvalue weighted by Crippen LogP contribution is 2.34. The van der Waals surface area contributed by atoms with Gasteiger partial charge in [-0.1, -0.05) is 80.4 Å². The molecular weight excluding hydrogens is 838 g/mol. The number of nitrogens with zero attached hydrogens (tertiary/aromatic N) is 3. The number of sulfonamides is 2. The lowest BCUT2D eigenvalue weighted by molar-refractivity contribution is 0.260. The van der Waals surface area contributed by atoms with E-state index in [2.05, 4.69) is 41.7 Å². The Bertz CT molecular complexity index is 2260. The van der Waals surface area contributed by atoms with E-state index in [1.165, 1.54) is 36.4 Å². The molecule has 0 aliphatic carbocycles. The number of benzene rings is 5. The largest absolute Gasteiger partial charge is 0.491 e. The van der Waals surface area contributed by atoms with Gasteiger partial charge >= 0.3 is 0 Å². The predicted molar refractivity (Wildman–Crippen MR) is 217 cm³/mol. The molecule has 12 heteroatoms. The second-order valence-electron chi connectivity index (χ2n) is 12.6. The molecule has 1 aliphatic rings. The van der Waals surface area contributed by atoms with Crippen LogP contribution < -0.4 is 13.3 Å². The summed E-state index contributed by atoms with van der Waals surface area (Å²) >= 11 is 6.87. The quantitative estimate of drug-likeness (QED) is 0.128. The predicted octanol–water partition coefficient (Wildman–Crippen LogP) is 9.96. The Balaban J connectivity index is 1.20. The molecule has 0 saturated carbocycles. The highest BCUT2D eigenvalue weighted by Gasteiger charge is 2.37. The molecule has 1 atom stereocenters. The molecule has 1 unspecified atom stereocenters. The van der Waals surface area contributed by atoms with Gasteiger partial charge in [0.25, 0.3) is 20.0 Å². The van der Waals surface area contributed by atoms with Crippen molar-refractivity contribution in [2.45, 2.75) is 35.1 Å². The van der Waals surface area contributed by atoms with E-state index in [0.717, 1.165) is 62.7 Å². The van der Waals surface area contributed by atoms with E-state index in [9.17, 15) is 16.8 Å². The molecule has 53 heavy (non-hydrogen) atoms. The number of piperidine rings is 1. The second kappa shape index (κ2) is 15.9. The van der Waals surface area contributed by atoms with Crippen molar-refractivity contribution in [3.63, 3.8) is 0 Å². The van der Waals surface area contributed by atoms with Crippen molar-refractivity contribution in [3.05, 3.63) is 155 Å². The first-order chi connectivity index (χ1) is 25.6. The third-order valence-corrected chi connectivity index (χ3v) is 14.5. The van der Waals surface area contributed by atoms with Crippen LogP contribution in [-0.4, -0.2) is 41.0 Å². The fraction of sp³-hybridized carbons (Fsp3) is 0.146. The molecule has 0 radical (unpaired) electrons. The van der Waals surface area contributed by atoms with Crippen molar-refractivity contribution >= 4 is 63.3 Å². The molecule has 8 nitrogen and oxygen atoms in total. The molecule has 0 spiro atoms. The summed E-state index contributed by atoms with van der Waals surface area (Å²) in [5.41, 5.74) is 4.40. The maximum atomic E-state index is 14.4. The summed E-state index contributed by atoms with van der Waals surface area (Å²) < 4.78 is 66.4. The van der Waals surface area contributed by atoms with Crippen LogP contribution in [0.5, 0.6) is 5.75 Å². The van der Waals surface area contributed by atoms with Crippen LogP contribution in [0, 0.1) is 0 Å². The summed E-state index contributed by atoms with van der Waals surface area (Å²) in [5.74, 6) is 0.501. The number of hydrogen-bond donors (Lipinski definition) is 0. The molecule has 0 N–H and O–H groups in total. The number of ether oxygens (including phenoxy) is 1. The Morgan fingerprint density at radius 2 is 1.06 bits per heavy atom. The summed E-state index contributed by atoms with van der Waals surface area (Å²) in [6.07, 6.45) is 6.70. The van der Waals surface area contributed by atoms with Crippen LogP contribution in [0.1, 0.15) is 19.3 Å². The van der Waals surface area contributed by atoms with E-state index in [4.69, 9.17) is 4.74 Å². The zero-order valence-electron chi connectivity index (χ0n) is 28.4. The van der Waals surface area contributed by atoms with E-state index in [1.54, 1.807) is 48.8 Å². The number of hydrogen-bond acceptors (Lipinski definition) is 7. The number of anilines is 2. The Morgan fingerprint density at radius 3 is 1.53 bits per heavy atom. The summed E-state index contributed by atoms with van der Waals surface area (Å²) in [7, 11) is -9.27. The van der Waals surface area contributed by atoms with Crippen LogP contribution in [0.3, 0.4) is 0 Å². The van der Waals surface area contributed by atoms with Crippen molar-refractivity contribution in [2.75, 3.05) is 21.8 Å². The summed E-state index contributed by atoms with van der Waals surface area (Å²) in [5, 5.41) is 0. The summed E-state index contributed by atoms with van der Waals surface area (Å²) in [6, 6.07) is 38.0. The van der Waals surface area contributed by atoms with Gasteiger partial charge in [-0.2, -0.15) is 3.71 Å². The Morgan fingerprint density at radius 1 is 0.604 bits per heavy atom. The molecule has 5 aromatic carbocycles. The number of rotatable bonds is 11. The van der Waals surface area contributed by atoms with Gasteiger partial charge in [0.05, 0.1) is 21.5 Å². The first-order valence-electron chi connectivity index (χ1n) is 17.0. The molecule has 2 heterocycles. The molecule has 1 aliphatic heterocycles. The first-order valence-corrected chi connectivity index (χ1v) is 21.5. The van der Waals surface area contributed by atoms with E-state index >= 15 is 0 Å². The lowest BCUT2D eigenvalue weighted by Crippen LogP contribution is -2.43. The van der Waals surface area contributed by atoms with Crippen molar-refractivity contribution < 1.29 is 21.6 Å². The fourth-order valence-corrected chi connectivity index (χ4v) is 10.6. The number of pyridine rings is 1. The zero-order valence-corrected chi connectivity index (χ0v) is 33.2. The van der Waals surface area contributed by atoms with Crippen LogP contribution >= 0.6 is 31.9 Å². The molecule has 1 aromatic heterocycles. The molecule has 1 fully saturated rings. The normalized spacial score (nSPS) is 14.8. The average Bonchev–Trinajstić information content (AvgIpc) is 3.19. The highest BCUT2D eigenvalue weighted by molar-refractivity contribution is 9.10. The minimum absolute atomic E-state index is 0.0394. The van der Waals surface area contributed by atoms with Crippen LogP contribution in [-0.2, 0) is 20.0 Å². The molecule has 1 saturated heterocycles. The van der Waals surface area contributed by atoms with E-state index in [0.29, 0.717) is 16.1 Å². The van der Waals surface area contributed by atoms with Gasteiger partial charge in [0, 0.05) is 33.6 Å². The lowest BCUT2D eigenvalue weighted by atomic mass is 10.0. The third-order valence-electron chi connectivity index (χ3n) is 9.21. The Kier molecular flexibility index (Phi) is 11.0. The lowest BCUT2D eigenvalue weighted by Gasteiger charge is -2.37. The monoisotopic (exact) mass is 871 g/mol. The van der Waals surface area contributed by atoms with Gasteiger partial charge < -0.3 is 9.64 Å². The standard InChI is InChI=1S/C41H35Br2N3O5S2/c42-34-12-4-30(5-13-34)32-8-20-40(21-9-32)52(47,48)46(53(49,50)41-22-10-33(11-23-41)31-6-14-35(43)15-7-31)37-16-18-39(19-17-37)51-29-38-3-1-2-28-45(38)36-24-26-44-27-25-36/h4-27,38H,1-3,28-29H2. The maximum Gasteiger partial charge on any atom is 0.277 e. The molecule has 7 rings (SSSR count). The minimum Gasteiger partial charge on any atom is -0.491 e. The molecule has 270 valence electrons. The van der Waals surface area contributed by atoms with E-state index in [-0.39, 0.29) is 21.5 Å². The van der Waals surface area contributed by atoms with Gasteiger partial charge in [-0.05, 0) is 126 Å². The van der Waals surface area contributed by atoms with Crippen LogP contribution in [0.2, 0.25) is 0 Å². The smallest absolute Gasteiger partial charge is 0.277 e. The van der Waals surface area contributed by atoms with Crippen LogP contribution in [0.4, 0.5) is 11.4 Å². The van der Waals surface area contributed by atoms with Crippen molar-refractivity contribution in [1.82, 2.24) is 4.98 Å². The van der Waals surface area contributed by atoms with Gasteiger partial charge in [-0.15, -0.1) is 0 Å². The third kappa shape index (κ3) is 8.21. The average molecular weight is 874 g/mol. The van der Waals surface area contributed by atoms with E-state index < -0.39 is 20.0 Å². The molecule has 0 bridgehead atoms.